The molecule has 2 heterocycles. The van der Waals surface area contributed by atoms with Gasteiger partial charge in [0.25, 0.3) is 11.8 Å². The molecule has 3 aliphatic rings. The molecule has 198 valence electrons. The Kier molecular flexibility index (Phi) is 8.44. The van der Waals surface area contributed by atoms with Crippen molar-refractivity contribution in [2.75, 3.05) is 36.5 Å². The SMILES string of the molecule is O=C(NC[C@@H](NC(C1CCC1)C1CCC1)C(=O)Nc1ccc(N2CCOCC2=O)cc1)c1ccc(Cl)s1. The first-order valence-corrected chi connectivity index (χ1v) is 14.3. The first-order chi connectivity index (χ1) is 18.0. The summed E-state index contributed by atoms with van der Waals surface area (Å²) < 4.78 is 5.75. The number of hydrogen-bond donors (Lipinski definition) is 3. The van der Waals surface area contributed by atoms with Crippen LogP contribution in [-0.4, -0.2) is 56.1 Å². The van der Waals surface area contributed by atoms with E-state index in [9.17, 15) is 14.4 Å². The third-order valence-electron chi connectivity index (χ3n) is 7.72. The van der Waals surface area contributed by atoms with Gasteiger partial charge in [0.2, 0.25) is 5.91 Å². The molecule has 1 atom stereocenters. The number of ether oxygens (including phenoxy) is 1. The number of amides is 3. The van der Waals surface area contributed by atoms with Gasteiger partial charge in [-0.15, -0.1) is 11.3 Å². The van der Waals surface area contributed by atoms with E-state index < -0.39 is 6.04 Å². The summed E-state index contributed by atoms with van der Waals surface area (Å²) in [4.78, 5) is 40.5. The minimum atomic E-state index is -0.578. The Hall–Kier alpha value is -2.46. The molecule has 37 heavy (non-hydrogen) atoms. The molecule has 3 amide bonds. The standard InChI is InChI=1S/C27H33ClN4O4S/c28-23-12-11-22(37-23)27(35)29-15-21(31-25(17-3-1-4-17)18-5-2-6-18)26(34)30-19-7-9-20(10-8-19)32-13-14-36-16-24(32)33/h7-12,17-18,21,25,31H,1-6,13-16H2,(H,29,35)(H,30,34)/t21-/m1/s1. The van der Waals surface area contributed by atoms with Gasteiger partial charge >= 0.3 is 0 Å². The number of nitrogens with zero attached hydrogens (tertiary/aromatic N) is 1. The summed E-state index contributed by atoms with van der Waals surface area (Å²) in [7, 11) is 0. The summed E-state index contributed by atoms with van der Waals surface area (Å²) in [5.74, 6) is 0.659. The molecule has 0 spiro atoms. The van der Waals surface area contributed by atoms with E-state index in [0.29, 0.717) is 39.9 Å². The van der Waals surface area contributed by atoms with Gasteiger partial charge in [-0.3, -0.25) is 14.4 Å². The fourth-order valence-electron chi connectivity index (χ4n) is 5.18. The quantitative estimate of drug-likeness (QED) is 0.419. The number of nitrogens with one attached hydrogen (secondary N) is 3. The van der Waals surface area contributed by atoms with Crippen LogP contribution in [0.5, 0.6) is 0 Å². The summed E-state index contributed by atoms with van der Waals surface area (Å²) in [5, 5.41) is 9.57. The van der Waals surface area contributed by atoms with Crippen molar-refractivity contribution in [3.63, 3.8) is 0 Å². The summed E-state index contributed by atoms with van der Waals surface area (Å²) >= 11 is 7.21. The van der Waals surface area contributed by atoms with Crippen molar-refractivity contribution < 1.29 is 19.1 Å². The largest absolute Gasteiger partial charge is 0.370 e. The van der Waals surface area contributed by atoms with Crippen molar-refractivity contribution in [3.8, 4) is 0 Å². The van der Waals surface area contributed by atoms with Gasteiger partial charge < -0.3 is 25.6 Å². The van der Waals surface area contributed by atoms with Gasteiger partial charge in [-0.2, -0.15) is 0 Å². The molecular weight excluding hydrogens is 512 g/mol. The second kappa shape index (κ2) is 11.9. The van der Waals surface area contributed by atoms with Crippen LogP contribution in [0, 0.1) is 11.8 Å². The fraction of sp³-hybridized carbons (Fsp3) is 0.519. The summed E-state index contributed by atoms with van der Waals surface area (Å²) in [6.45, 7) is 1.27. The Balaban J connectivity index is 1.26. The lowest BCUT2D eigenvalue weighted by Gasteiger charge is -2.44. The van der Waals surface area contributed by atoms with Crippen LogP contribution in [0.25, 0.3) is 0 Å². The Morgan fingerprint density at radius 3 is 2.32 bits per heavy atom. The van der Waals surface area contributed by atoms with Crippen LogP contribution in [0.15, 0.2) is 36.4 Å². The Morgan fingerprint density at radius 2 is 1.76 bits per heavy atom. The maximum Gasteiger partial charge on any atom is 0.261 e. The van der Waals surface area contributed by atoms with Crippen LogP contribution in [0.2, 0.25) is 4.34 Å². The van der Waals surface area contributed by atoms with E-state index in [0.717, 1.165) is 5.69 Å². The second-order valence-electron chi connectivity index (χ2n) is 10.1. The number of halogens is 1. The Labute approximate surface area is 226 Å². The molecular formula is C27H33ClN4O4S. The third-order valence-corrected chi connectivity index (χ3v) is 8.95. The molecule has 8 nitrogen and oxygen atoms in total. The Bertz CT molecular complexity index is 1100. The molecule has 0 bridgehead atoms. The zero-order valence-corrected chi connectivity index (χ0v) is 22.3. The molecule has 3 N–H and O–H groups in total. The number of thiophene rings is 1. The number of carbonyl (C=O) groups excluding carboxylic acids is 3. The molecule has 3 fully saturated rings. The van der Waals surface area contributed by atoms with Crippen molar-refractivity contribution in [2.45, 2.75) is 50.6 Å². The van der Waals surface area contributed by atoms with E-state index in [1.165, 1.54) is 49.9 Å². The fourth-order valence-corrected chi connectivity index (χ4v) is 6.14. The number of benzene rings is 1. The maximum absolute atomic E-state index is 13.5. The molecule has 5 rings (SSSR count). The van der Waals surface area contributed by atoms with E-state index in [1.54, 1.807) is 29.2 Å². The van der Waals surface area contributed by atoms with Gasteiger partial charge in [-0.25, -0.2) is 0 Å². The number of morpholine rings is 1. The molecule has 2 saturated carbocycles. The molecule has 10 heteroatoms. The van der Waals surface area contributed by atoms with Crippen LogP contribution >= 0.6 is 22.9 Å². The molecule has 1 saturated heterocycles. The van der Waals surface area contributed by atoms with Gasteiger partial charge in [-0.05, 0) is 73.9 Å². The molecule has 2 aliphatic carbocycles. The highest BCUT2D eigenvalue weighted by Crippen LogP contribution is 2.40. The van der Waals surface area contributed by atoms with Crippen molar-refractivity contribution in [1.82, 2.24) is 10.6 Å². The van der Waals surface area contributed by atoms with Crippen molar-refractivity contribution in [1.29, 1.82) is 0 Å². The van der Waals surface area contributed by atoms with Crippen molar-refractivity contribution in [2.24, 2.45) is 11.8 Å². The van der Waals surface area contributed by atoms with Gasteiger partial charge in [0.1, 0.15) is 12.6 Å². The van der Waals surface area contributed by atoms with Gasteiger partial charge in [0.15, 0.2) is 0 Å². The average molecular weight is 545 g/mol. The molecule has 1 aliphatic heterocycles. The number of carbonyl (C=O) groups is 3. The zero-order chi connectivity index (χ0) is 25.8. The minimum Gasteiger partial charge on any atom is -0.370 e. The van der Waals surface area contributed by atoms with Crippen LogP contribution in [0.3, 0.4) is 0 Å². The molecule has 2 aromatic rings. The molecule has 0 unspecified atom stereocenters. The third kappa shape index (κ3) is 6.34. The Morgan fingerprint density at radius 1 is 1.05 bits per heavy atom. The van der Waals surface area contributed by atoms with Crippen molar-refractivity contribution in [3.05, 3.63) is 45.6 Å². The van der Waals surface area contributed by atoms with Gasteiger partial charge in [0.05, 0.1) is 15.8 Å². The highest BCUT2D eigenvalue weighted by molar-refractivity contribution is 7.18. The second-order valence-corrected chi connectivity index (χ2v) is 11.8. The van der Waals surface area contributed by atoms with Crippen LogP contribution in [0.4, 0.5) is 11.4 Å². The van der Waals surface area contributed by atoms with E-state index in [-0.39, 0.29) is 36.9 Å². The van der Waals surface area contributed by atoms with Gasteiger partial charge in [-0.1, -0.05) is 24.4 Å². The molecule has 1 aromatic carbocycles. The number of hydrogen-bond acceptors (Lipinski definition) is 6. The normalized spacial score (nSPS) is 19.3. The lowest BCUT2D eigenvalue weighted by Crippen LogP contribution is -2.57. The lowest BCUT2D eigenvalue weighted by molar-refractivity contribution is -0.125. The predicted molar refractivity (Wildman–Crippen MR) is 145 cm³/mol. The van der Waals surface area contributed by atoms with E-state index in [1.807, 2.05) is 12.1 Å². The van der Waals surface area contributed by atoms with Crippen LogP contribution in [0.1, 0.15) is 48.2 Å². The first-order valence-electron chi connectivity index (χ1n) is 13.1. The lowest BCUT2D eigenvalue weighted by atomic mass is 9.68. The zero-order valence-electron chi connectivity index (χ0n) is 20.7. The number of anilines is 2. The van der Waals surface area contributed by atoms with Gasteiger partial charge in [0, 0.05) is 30.5 Å². The summed E-state index contributed by atoms with van der Waals surface area (Å²) in [6.07, 6.45) is 7.21. The van der Waals surface area contributed by atoms with Crippen LogP contribution < -0.4 is 20.9 Å². The van der Waals surface area contributed by atoms with E-state index in [4.69, 9.17) is 16.3 Å². The minimum absolute atomic E-state index is 0.0758. The topological polar surface area (TPSA) is 99.8 Å². The summed E-state index contributed by atoms with van der Waals surface area (Å²) in [5.41, 5.74) is 1.42. The number of rotatable bonds is 10. The highest BCUT2D eigenvalue weighted by atomic mass is 35.5. The molecule has 0 radical (unpaired) electrons. The van der Waals surface area contributed by atoms with E-state index in [2.05, 4.69) is 16.0 Å². The van der Waals surface area contributed by atoms with E-state index >= 15 is 0 Å². The van der Waals surface area contributed by atoms with Crippen molar-refractivity contribution >= 4 is 52.0 Å². The highest BCUT2D eigenvalue weighted by Gasteiger charge is 2.38. The predicted octanol–water partition coefficient (Wildman–Crippen LogP) is 4.06. The summed E-state index contributed by atoms with van der Waals surface area (Å²) in [6, 6.07) is 10.3. The first kappa shape index (κ1) is 26.2. The van der Waals surface area contributed by atoms with Crippen LogP contribution in [-0.2, 0) is 14.3 Å². The monoisotopic (exact) mass is 544 g/mol. The maximum atomic E-state index is 13.5. The molecule has 1 aromatic heterocycles. The smallest absolute Gasteiger partial charge is 0.261 e. The average Bonchev–Trinajstić information content (AvgIpc) is 3.26.